The molecule has 0 spiro atoms. The molecular formula is C20H24O4. The van der Waals surface area contributed by atoms with Crippen LogP contribution < -0.4 is 0 Å². The van der Waals surface area contributed by atoms with Gasteiger partial charge in [0.2, 0.25) is 0 Å². The van der Waals surface area contributed by atoms with Gasteiger partial charge in [-0.05, 0) is 30.4 Å². The summed E-state index contributed by atoms with van der Waals surface area (Å²) in [4.78, 5) is 23.4. The normalized spacial score (nSPS) is 20.3. The number of carbonyl (C=O) groups is 2. The third kappa shape index (κ3) is 5.08. The highest BCUT2D eigenvalue weighted by atomic mass is 16.6. The zero-order valence-corrected chi connectivity index (χ0v) is 14.5. The third-order valence-electron chi connectivity index (χ3n) is 3.91. The van der Waals surface area contributed by atoms with E-state index in [1.165, 1.54) is 6.08 Å². The van der Waals surface area contributed by atoms with Crippen LogP contribution in [0.3, 0.4) is 0 Å². The van der Waals surface area contributed by atoms with Gasteiger partial charge < -0.3 is 9.47 Å². The summed E-state index contributed by atoms with van der Waals surface area (Å²) in [5.41, 5.74) is 1.25. The minimum absolute atomic E-state index is 0.245. The van der Waals surface area contributed by atoms with Gasteiger partial charge in [-0.15, -0.1) is 0 Å². The van der Waals surface area contributed by atoms with Gasteiger partial charge in [-0.1, -0.05) is 50.3 Å². The van der Waals surface area contributed by atoms with E-state index in [-0.39, 0.29) is 12.6 Å². The summed E-state index contributed by atoms with van der Waals surface area (Å²) in [6.45, 7) is 6.32. The SMILES string of the molecule is CC(C)CC1=CC(=O)O[C@@]1(C)C/C=C/C(=O)OCc1ccccc1. The summed E-state index contributed by atoms with van der Waals surface area (Å²) in [5.74, 6) is -0.278. The monoisotopic (exact) mass is 328 g/mol. The molecule has 24 heavy (non-hydrogen) atoms. The van der Waals surface area contributed by atoms with Crippen LogP contribution in [-0.4, -0.2) is 17.5 Å². The summed E-state index contributed by atoms with van der Waals surface area (Å²) in [6.07, 6.45) is 5.93. The van der Waals surface area contributed by atoms with E-state index >= 15 is 0 Å². The number of hydrogen-bond donors (Lipinski definition) is 0. The van der Waals surface area contributed by atoms with Crippen molar-refractivity contribution in [1.29, 1.82) is 0 Å². The number of carbonyl (C=O) groups excluding carboxylic acids is 2. The number of esters is 2. The fraction of sp³-hybridized carbons (Fsp3) is 0.400. The fourth-order valence-corrected chi connectivity index (χ4v) is 2.66. The quantitative estimate of drug-likeness (QED) is 0.561. The van der Waals surface area contributed by atoms with Crippen LogP contribution in [0.2, 0.25) is 0 Å². The number of cyclic esters (lactones) is 1. The van der Waals surface area contributed by atoms with E-state index in [1.807, 2.05) is 37.3 Å². The van der Waals surface area contributed by atoms with Gasteiger partial charge in [-0.2, -0.15) is 0 Å². The van der Waals surface area contributed by atoms with Crippen LogP contribution in [0.1, 0.15) is 39.2 Å². The van der Waals surface area contributed by atoms with Gasteiger partial charge in [-0.3, -0.25) is 0 Å². The molecule has 0 unspecified atom stereocenters. The van der Waals surface area contributed by atoms with Gasteiger partial charge in [0.15, 0.2) is 0 Å². The first-order chi connectivity index (χ1) is 11.4. The largest absolute Gasteiger partial charge is 0.458 e. The predicted octanol–water partition coefficient (Wildman–Crippen LogP) is 3.96. The Balaban J connectivity index is 1.87. The highest BCUT2D eigenvalue weighted by Gasteiger charge is 2.37. The Kier molecular flexibility index (Phi) is 5.96. The van der Waals surface area contributed by atoms with E-state index in [0.29, 0.717) is 12.3 Å². The van der Waals surface area contributed by atoms with E-state index in [2.05, 4.69) is 13.8 Å². The standard InChI is InChI=1S/C20H24O4/c1-15(2)12-17-13-19(22)24-20(17,3)11-7-10-18(21)23-14-16-8-5-4-6-9-16/h4-10,13,15H,11-12,14H2,1-3H3/b10-7+/t20-/m0/s1. The average Bonchev–Trinajstić information content (AvgIpc) is 2.79. The van der Waals surface area contributed by atoms with Crippen molar-refractivity contribution in [2.45, 2.75) is 45.8 Å². The van der Waals surface area contributed by atoms with Crippen molar-refractivity contribution in [2.75, 3.05) is 0 Å². The van der Waals surface area contributed by atoms with Crippen molar-refractivity contribution in [3.05, 3.63) is 59.7 Å². The summed E-state index contributed by atoms with van der Waals surface area (Å²) in [6, 6.07) is 9.52. The second-order valence-electron chi connectivity index (χ2n) is 6.62. The third-order valence-corrected chi connectivity index (χ3v) is 3.91. The Morgan fingerprint density at radius 3 is 2.67 bits per heavy atom. The lowest BCUT2D eigenvalue weighted by Gasteiger charge is -2.26. The van der Waals surface area contributed by atoms with Crippen LogP contribution in [0.15, 0.2) is 54.1 Å². The molecule has 0 radical (unpaired) electrons. The van der Waals surface area contributed by atoms with E-state index in [4.69, 9.17) is 9.47 Å². The fourth-order valence-electron chi connectivity index (χ4n) is 2.66. The van der Waals surface area contributed by atoms with E-state index in [1.54, 1.807) is 12.2 Å². The molecule has 1 atom stereocenters. The molecule has 0 aliphatic carbocycles. The highest BCUT2D eigenvalue weighted by Crippen LogP contribution is 2.35. The lowest BCUT2D eigenvalue weighted by molar-refractivity contribution is -0.144. The number of hydrogen-bond acceptors (Lipinski definition) is 4. The van der Waals surface area contributed by atoms with E-state index in [0.717, 1.165) is 17.6 Å². The molecule has 0 amide bonds. The lowest BCUT2D eigenvalue weighted by atomic mass is 9.87. The van der Waals surface area contributed by atoms with Gasteiger partial charge in [0.1, 0.15) is 12.2 Å². The average molecular weight is 328 g/mol. The molecule has 0 aromatic heterocycles. The summed E-state index contributed by atoms with van der Waals surface area (Å²) < 4.78 is 10.6. The molecule has 1 heterocycles. The molecule has 0 saturated carbocycles. The van der Waals surface area contributed by atoms with Crippen LogP contribution >= 0.6 is 0 Å². The van der Waals surface area contributed by atoms with Crippen LogP contribution in [0.5, 0.6) is 0 Å². The molecule has 0 N–H and O–H groups in total. The second-order valence-corrected chi connectivity index (χ2v) is 6.62. The number of benzene rings is 1. The van der Waals surface area contributed by atoms with Crippen LogP contribution in [0.25, 0.3) is 0 Å². The molecule has 2 rings (SSSR count). The molecule has 1 aliphatic heterocycles. The van der Waals surface area contributed by atoms with Crippen molar-refractivity contribution in [3.8, 4) is 0 Å². The van der Waals surface area contributed by atoms with E-state index < -0.39 is 11.6 Å². The maximum atomic E-state index is 11.8. The van der Waals surface area contributed by atoms with Crippen molar-refractivity contribution < 1.29 is 19.1 Å². The minimum Gasteiger partial charge on any atom is -0.458 e. The van der Waals surface area contributed by atoms with Gasteiger partial charge in [-0.25, -0.2) is 9.59 Å². The molecule has 0 fully saturated rings. The smallest absolute Gasteiger partial charge is 0.331 e. The molecule has 1 aromatic rings. The van der Waals surface area contributed by atoms with Crippen LogP contribution in [-0.2, 0) is 25.7 Å². The molecule has 4 nitrogen and oxygen atoms in total. The predicted molar refractivity (Wildman–Crippen MR) is 92.0 cm³/mol. The van der Waals surface area contributed by atoms with Gasteiger partial charge in [0, 0.05) is 18.6 Å². The number of ether oxygens (including phenoxy) is 2. The summed E-state index contributed by atoms with van der Waals surface area (Å²) in [5, 5.41) is 0. The molecule has 1 aliphatic rings. The molecule has 128 valence electrons. The van der Waals surface area contributed by atoms with Gasteiger partial charge in [0.25, 0.3) is 0 Å². The molecule has 0 saturated heterocycles. The second kappa shape index (κ2) is 7.95. The van der Waals surface area contributed by atoms with Crippen molar-refractivity contribution in [1.82, 2.24) is 0 Å². The zero-order chi connectivity index (χ0) is 17.6. The minimum atomic E-state index is -0.669. The van der Waals surface area contributed by atoms with Crippen molar-refractivity contribution in [3.63, 3.8) is 0 Å². The first kappa shape index (κ1) is 18.0. The van der Waals surface area contributed by atoms with Gasteiger partial charge >= 0.3 is 11.9 Å². The van der Waals surface area contributed by atoms with Crippen molar-refractivity contribution in [2.24, 2.45) is 5.92 Å². The van der Waals surface area contributed by atoms with Crippen LogP contribution in [0, 0.1) is 5.92 Å². The lowest BCUT2D eigenvalue weighted by Crippen LogP contribution is -2.28. The Hall–Kier alpha value is -2.36. The molecular weight excluding hydrogens is 304 g/mol. The maximum absolute atomic E-state index is 11.8. The zero-order valence-electron chi connectivity index (χ0n) is 14.5. The molecule has 0 bridgehead atoms. The van der Waals surface area contributed by atoms with E-state index in [9.17, 15) is 9.59 Å². The highest BCUT2D eigenvalue weighted by molar-refractivity contribution is 5.87. The summed E-state index contributed by atoms with van der Waals surface area (Å²) >= 11 is 0. The Bertz CT molecular complexity index is 643. The summed E-state index contributed by atoms with van der Waals surface area (Å²) in [7, 11) is 0. The number of rotatable bonds is 7. The van der Waals surface area contributed by atoms with Crippen LogP contribution in [0.4, 0.5) is 0 Å². The molecule has 1 aromatic carbocycles. The topological polar surface area (TPSA) is 52.6 Å². The first-order valence-corrected chi connectivity index (χ1v) is 8.20. The van der Waals surface area contributed by atoms with Crippen molar-refractivity contribution >= 4 is 11.9 Å². The Labute approximate surface area is 143 Å². The first-order valence-electron chi connectivity index (χ1n) is 8.20. The Morgan fingerprint density at radius 1 is 1.29 bits per heavy atom. The van der Waals surface area contributed by atoms with Gasteiger partial charge in [0.05, 0.1) is 0 Å². The Morgan fingerprint density at radius 2 is 2.00 bits per heavy atom. The molecule has 4 heteroatoms. The maximum Gasteiger partial charge on any atom is 0.331 e.